The minimum absolute atomic E-state index is 0.346. The largest absolute Gasteiger partial charge is 0.453 e. The second-order valence-corrected chi connectivity index (χ2v) is 2.14. The SMILES string of the molecule is C#CC(=O)OCC(O)COC(=O)C#C. The summed E-state index contributed by atoms with van der Waals surface area (Å²) in [5.41, 5.74) is 0. The summed E-state index contributed by atoms with van der Waals surface area (Å²) in [6, 6.07) is 0. The van der Waals surface area contributed by atoms with E-state index >= 15 is 0 Å². The van der Waals surface area contributed by atoms with Crippen LogP contribution in [0.25, 0.3) is 0 Å². The van der Waals surface area contributed by atoms with Crippen molar-refractivity contribution in [3.63, 3.8) is 0 Å². The number of rotatable bonds is 4. The van der Waals surface area contributed by atoms with Crippen LogP contribution in [0.15, 0.2) is 0 Å². The van der Waals surface area contributed by atoms with Crippen LogP contribution in [0.4, 0.5) is 0 Å². The molecule has 74 valence electrons. The first-order valence-electron chi connectivity index (χ1n) is 3.55. The molecule has 0 aromatic carbocycles. The van der Waals surface area contributed by atoms with Crippen molar-refractivity contribution < 1.29 is 24.2 Å². The maximum atomic E-state index is 10.4. The van der Waals surface area contributed by atoms with E-state index in [2.05, 4.69) is 22.3 Å². The molecular weight excluding hydrogens is 188 g/mol. The lowest BCUT2D eigenvalue weighted by Crippen LogP contribution is -2.24. The summed E-state index contributed by atoms with van der Waals surface area (Å²) in [7, 11) is 0. The van der Waals surface area contributed by atoms with Gasteiger partial charge in [0.15, 0.2) is 0 Å². The Morgan fingerprint density at radius 2 is 1.50 bits per heavy atom. The third-order valence-corrected chi connectivity index (χ3v) is 1.05. The Kier molecular flexibility index (Phi) is 5.60. The quantitative estimate of drug-likeness (QED) is 0.343. The van der Waals surface area contributed by atoms with Crippen molar-refractivity contribution >= 4 is 11.9 Å². The first-order chi connectivity index (χ1) is 6.60. The van der Waals surface area contributed by atoms with Crippen molar-refractivity contribution in [2.75, 3.05) is 13.2 Å². The van der Waals surface area contributed by atoms with Gasteiger partial charge in [0, 0.05) is 11.8 Å². The summed E-state index contributed by atoms with van der Waals surface area (Å²) in [4.78, 5) is 20.8. The second kappa shape index (κ2) is 6.53. The zero-order valence-corrected chi connectivity index (χ0v) is 7.23. The smallest absolute Gasteiger partial charge is 0.384 e. The standard InChI is InChI=1S/C9H8O5/c1-3-8(11)13-5-7(10)6-14-9(12)4-2/h1-2,7,10H,5-6H2. The molecule has 0 fully saturated rings. The molecule has 0 unspecified atom stereocenters. The number of terminal acetylenes is 2. The number of esters is 2. The molecule has 0 atom stereocenters. The molecule has 0 rings (SSSR count). The molecule has 0 amide bonds. The van der Waals surface area contributed by atoms with Crippen molar-refractivity contribution in [1.82, 2.24) is 0 Å². The van der Waals surface area contributed by atoms with Gasteiger partial charge in [-0.25, -0.2) is 9.59 Å². The first-order valence-corrected chi connectivity index (χ1v) is 3.55. The molecule has 5 nitrogen and oxygen atoms in total. The van der Waals surface area contributed by atoms with Crippen LogP contribution in [0.1, 0.15) is 0 Å². The van der Waals surface area contributed by atoms with E-state index in [1.807, 2.05) is 0 Å². The van der Waals surface area contributed by atoms with Crippen LogP contribution in [-0.2, 0) is 19.1 Å². The van der Waals surface area contributed by atoms with Crippen LogP contribution in [0.3, 0.4) is 0 Å². The zero-order chi connectivity index (χ0) is 11.0. The summed E-state index contributed by atoms with van der Waals surface area (Å²) < 4.78 is 8.70. The molecule has 0 aliphatic heterocycles. The fourth-order valence-corrected chi connectivity index (χ4v) is 0.475. The van der Waals surface area contributed by atoms with Crippen molar-refractivity contribution in [3.05, 3.63) is 0 Å². The van der Waals surface area contributed by atoms with Gasteiger partial charge in [-0.1, -0.05) is 0 Å². The van der Waals surface area contributed by atoms with Crippen molar-refractivity contribution in [1.29, 1.82) is 0 Å². The number of aliphatic hydroxyl groups is 1. The van der Waals surface area contributed by atoms with Gasteiger partial charge in [0.2, 0.25) is 0 Å². The molecule has 0 saturated carbocycles. The summed E-state index contributed by atoms with van der Waals surface area (Å²) in [5.74, 6) is 1.58. The number of ether oxygens (including phenoxy) is 2. The maximum Gasteiger partial charge on any atom is 0.384 e. The van der Waals surface area contributed by atoms with Gasteiger partial charge in [-0.3, -0.25) is 0 Å². The lowest BCUT2D eigenvalue weighted by Gasteiger charge is -2.08. The number of hydrogen-bond donors (Lipinski definition) is 1. The minimum atomic E-state index is -1.13. The van der Waals surface area contributed by atoms with Crippen molar-refractivity contribution in [2.24, 2.45) is 0 Å². The van der Waals surface area contributed by atoms with Gasteiger partial charge in [0.05, 0.1) is 0 Å². The van der Waals surface area contributed by atoms with E-state index in [9.17, 15) is 9.59 Å². The van der Waals surface area contributed by atoms with Crippen LogP contribution < -0.4 is 0 Å². The fraction of sp³-hybridized carbons (Fsp3) is 0.333. The predicted molar refractivity (Wildman–Crippen MR) is 45.6 cm³/mol. The predicted octanol–water partition coefficient (Wildman–Crippen LogP) is -1.30. The van der Waals surface area contributed by atoms with Gasteiger partial charge in [0.1, 0.15) is 19.3 Å². The monoisotopic (exact) mass is 196 g/mol. The molecule has 0 bridgehead atoms. The third-order valence-electron chi connectivity index (χ3n) is 1.05. The maximum absolute atomic E-state index is 10.4. The minimum Gasteiger partial charge on any atom is -0.453 e. The second-order valence-electron chi connectivity index (χ2n) is 2.14. The molecule has 0 heterocycles. The molecule has 1 N–H and O–H groups in total. The number of carbonyl (C=O) groups is 2. The van der Waals surface area contributed by atoms with Gasteiger partial charge in [0.25, 0.3) is 0 Å². The highest BCUT2D eigenvalue weighted by atomic mass is 16.6. The van der Waals surface area contributed by atoms with Crippen LogP contribution in [0.2, 0.25) is 0 Å². The molecule has 0 aromatic heterocycles. The van der Waals surface area contributed by atoms with E-state index < -0.39 is 18.0 Å². The third kappa shape index (κ3) is 5.64. The van der Waals surface area contributed by atoms with E-state index in [0.29, 0.717) is 0 Å². The van der Waals surface area contributed by atoms with Gasteiger partial charge >= 0.3 is 11.9 Å². The Labute approximate surface area is 81.0 Å². The van der Waals surface area contributed by atoms with Gasteiger partial charge in [-0.2, -0.15) is 0 Å². The normalized spacial score (nSPS) is 8.57. The Morgan fingerprint density at radius 1 is 1.14 bits per heavy atom. The Morgan fingerprint density at radius 3 is 1.79 bits per heavy atom. The highest BCUT2D eigenvalue weighted by Crippen LogP contribution is 1.88. The van der Waals surface area contributed by atoms with Crippen LogP contribution in [0.5, 0.6) is 0 Å². The van der Waals surface area contributed by atoms with Crippen molar-refractivity contribution in [2.45, 2.75) is 6.10 Å². The van der Waals surface area contributed by atoms with Gasteiger partial charge in [-0.05, 0) is 0 Å². The van der Waals surface area contributed by atoms with E-state index in [1.165, 1.54) is 0 Å². The Bertz CT molecular complexity index is 263. The number of aliphatic hydroxyl groups excluding tert-OH is 1. The number of carbonyl (C=O) groups excluding carboxylic acids is 2. The van der Waals surface area contributed by atoms with E-state index in [1.54, 1.807) is 11.8 Å². The summed E-state index contributed by atoms with van der Waals surface area (Å²) in [6.07, 6.45) is 8.23. The van der Waals surface area contributed by atoms with Crippen LogP contribution in [-0.4, -0.2) is 36.4 Å². The van der Waals surface area contributed by atoms with Gasteiger partial charge < -0.3 is 14.6 Å². The lowest BCUT2D eigenvalue weighted by molar-refractivity contribution is -0.145. The summed E-state index contributed by atoms with van der Waals surface area (Å²) in [5, 5.41) is 9.05. The average molecular weight is 196 g/mol. The van der Waals surface area contributed by atoms with Crippen molar-refractivity contribution in [3.8, 4) is 24.7 Å². The molecule has 0 aromatic rings. The first kappa shape index (κ1) is 12.0. The zero-order valence-electron chi connectivity index (χ0n) is 7.23. The molecule has 0 aliphatic rings. The van der Waals surface area contributed by atoms with Gasteiger partial charge in [-0.15, -0.1) is 12.8 Å². The van der Waals surface area contributed by atoms with E-state index in [0.717, 1.165) is 0 Å². The summed E-state index contributed by atoms with van der Waals surface area (Å²) >= 11 is 0. The Balaban J connectivity index is 3.63. The molecular formula is C9H8O5. The topological polar surface area (TPSA) is 72.8 Å². The molecule has 0 aliphatic carbocycles. The average Bonchev–Trinajstić information content (AvgIpc) is 2.22. The van der Waals surface area contributed by atoms with Crippen LogP contribution in [0, 0.1) is 24.7 Å². The fourth-order valence-electron chi connectivity index (χ4n) is 0.475. The highest BCUT2D eigenvalue weighted by Gasteiger charge is 2.09. The number of hydrogen-bond acceptors (Lipinski definition) is 5. The molecule has 14 heavy (non-hydrogen) atoms. The molecule has 0 saturated heterocycles. The highest BCUT2D eigenvalue weighted by molar-refractivity contribution is 5.88. The van der Waals surface area contributed by atoms with E-state index in [-0.39, 0.29) is 13.2 Å². The summed E-state index contributed by atoms with van der Waals surface area (Å²) in [6.45, 7) is -0.693. The van der Waals surface area contributed by atoms with Crippen LogP contribution >= 0.6 is 0 Å². The molecule has 5 heteroatoms. The Hall–Kier alpha value is -1.98. The lowest BCUT2D eigenvalue weighted by atomic mass is 10.4. The molecule has 0 spiro atoms. The van der Waals surface area contributed by atoms with E-state index in [4.69, 9.17) is 5.11 Å². The molecule has 0 radical (unpaired) electrons.